The number of rotatable bonds is 4. The number of carbonyl (C=O) groups is 1. The number of carboxylic acid groups (broad SMARTS) is 1. The van der Waals surface area contributed by atoms with Gasteiger partial charge in [0.15, 0.2) is 0 Å². The highest BCUT2D eigenvalue weighted by molar-refractivity contribution is 5.85. The molecule has 0 bridgehead atoms. The van der Waals surface area contributed by atoms with Crippen LogP contribution in [0.2, 0.25) is 0 Å². The van der Waals surface area contributed by atoms with Gasteiger partial charge in [0, 0.05) is 18.3 Å². The van der Waals surface area contributed by atoms with Crippen molar-refractivity contribution in [1.82, 2.24) is 4.98 Å². The maximum atomic E-state index is 10.5. The van der Waals surface area contributed by atoms with Crippen LogP contribution in [0.1, 0.15) is 22.2 Å². The summed E-state index contributed by atoms with van der Waals surface area (Å²) in [6.45, 7) is -0.0885. The van der Waals surface area contributed by atoms with E-state index in [1.807, 2.05) is 0 Å². The molecular formula is C8H12N2O4. The summed E-state index contributed by atoms with van der Waals surface area (Å²) in [6.07, 6.45) is -0.927. The van der Waals surface area contributed by atoms with Crippen molar-refractivity contribution in [3.05, 3.63) is 23.5 Å². The standard InChI is InChI=1S/C8H12N2O4/c9-2-6(11)7(12)4-1-5(8(13)14)10-3-4/h1,3,6-7,10-12H,2,9H2,(H,13,14). The van der Waals surface area contributed by atoms with E-state index >= 15 is 0 Å². The molecule has 0 amide bonds. The summed E-state index contributed by atoms with van der Waals surface area (Å²) in [5.74, 6) is -1.12. The molecule has 2 unspecified atom stereocenters. The van der Waals surface area contributed by atoms with Crippen LogP contribution in [0.15, 0.2) is 12.3 Å². The number of aliphatic hydroxyl groups is 2. The summed E-state index contributed by atoms with van der Waals surface area (Å²) in [5, 5.41) is 27.2. The molecule has 0 aliphatic heterocycles. The average Bonchev–Trinajstić information content (AvgIpc) is 2.64. The van der Waals surface area contributed by atoms with Crippen LogP contribution in [0.5, 0.6) is 0 Å². The van der Waals surface area contributed by atoms with Crippen molar-refractivity contribution < 1.29 is 20.1 Å². The van der Waals surface area contributed by atoms with E-state index in [0.29, 0.717) is 5.56 Å². The minimum absolute atomic E-state index is 0.0386. The molecule has 1 aromatic rings. The Hall–Kier alpha value is -1.37. The lowest BCUT2D eigenvalue weighted by Gasteiger charge is -2.13. The molecule has 78 valence electrons. The van der Waals surface area contributed by atoms with Crippen molar-refractivity contribution in [3.8, 4) is 0 Å². The molecule has 6 nitrogen and oxygen atoms in total. The van der Waals surface area contributed by atoms with Gasteiger partial charge in [-0.15, -0.1) is 0 Å². The van der Waals surface area contributed by atoms with E-state index in [1.165, 1.54) is 12.3 Å². The van der Waals surface area contributed by atoms with Gasteiger partial charge in [0.25, 0.3) is 0 Å². The van der Waals surface area contributed by atoms with Crippen LogP contribution in [-0.2, 0) is 0 Å². The third-order valence-electron chi connectivity index (χ3n) is 1.88. The maximum absolute atomic E-state index is 10.5. The second-order valence-corrected chi connectivity index (χ2v) is 2.90. The van der Waals surface area contributed by atoms with Gasteiger partial charge in [-0.25, -0.2) is 4.79 Å². The van der Waals surface area contributed by atoms with Crippen LogP contribution in [0.3, 0.4) is 0 Å². The highest BCUT2D eigenvalue weighted by Gasteiger charge is 2.19. The Morgan fingerprint density at radius 2 is 2.21 bits per heavy atom. The summed E-state index contributed by atoms with van der Waals surface area (Å²) in [6, 6.07) is 1.26. The molecule has 0 saturated heterocycles. The van der Waals surface area contributed by atoms with E-state index in [0.717, 1.165) is 0 Å². The summed E-state index contributed by atoms with van der Waals surface area (Å²) in [4.78, 5) is 12.9. The Kier molecular flexibility index (Phi) is 3.23. The molecule has 6 heteroatoms. The maximum Gasteiger partial charge on any atom is 0.352 e. The van der Waals surface area contributed by atoms with Crippen LogP contribution in [-0.4, -0.2) is 38.9 Å². The van der Waals surface area contributed by atoms with Gasteiger partial charge in [0.05, 0.1) is 6.10 Å². The van der Waals surface area contributed by atoms with E-state index in [9.17, 15) is 15.0 Å². The van der Waals surface area contributed by atoms with Crippen molar-refractivity contribution in [2.75, 3.05) is 6.54 Å². The topological polar surface area (TPSA) is 120 Å². The molecule has 1 rings (SSSR count). The number of hydrogen-bond donors (Lipinski definition) is 5. The van der Waals surface area contributed by atoms with Gasteiger partial charge in [-0.05, 0) is 6.07 Å². The van der Waals surface area contributed by atoms with Gasteiger partial charge in [0.1, 0.15) is 11.8 Å². The van der Waals surface area contributed by atoms with Crippen LogP contribution in [0, 0.1) is 0 Å². The summed E-state index contributed by atoms with van der Waals surface area (Å²) >= 11 is 0. The van der Waals surface area contributed by atoms with Crippen LogP contribution in [0.4, 0.5) is 0 Å². The summed E-state index contributed by atoms with van der Waals surface area (Å²) in [5.41, 5.74) is 5.41. The first kappa shape index (κ1) is 10.7. The third kappa shape index (κ3) is 2.11. The Bertz CT molecular complexity index is 323. The molecule has 0 aromatic carbocycles. The van der Waals surface area contributed by atoms with Crippen LogP contribution in [0.25, 0.3) is 0 Å². The van der Waals surface area contributed by atoms with E-state index < -0.39 is 18.2 Å². The molecule has 6 N–H and O–H groups in total. The SMILES string of the molecule is NCC(O)C(O)c1c[nH]c(C(=O)O)c1. The fourth-order valence-corrected chi connectivity index (χ4v) is 1.06. The monoisotopic (exact) mass is 200 g/mol. The number of nitrogens with one attached hydrogen (secondary N) is 1. The molecule has 0 spiro atoms. The Morgan fingerprint density at radius 1 is 1.57 bits per heavy atom. The number of carboxylic acids is 1. The molecule has 0 aliphatic rings. The van der Waals surface area contributed by atoms with Gasteiger partial charge in [-0.1, -0.05) is 0 Å². The number of hydrogen-bond acceptors (Lipinski definition) is 4. The molecule has 1 aromatic heterocycles. The van der Waals surface area contributed by atoms with Gasteiger partial charge in [-0.3, -0.25) is 0 Å². The first-order chi connectivity index (χ1) is 6.56. The summed E-state index contributed by atoms with van der Waals surface area (Å²) in [7, 11) is 0. The van der Waals surface area contributed by atoms with E-state index in [1.54, 1.807) is 0 Å². The molecule has 0 aliphatic carbocycles. The van der Waals surface area contributed by atoms with Crippen molar-refractivity contribution in [3.63, 3.8) is 0 Å². The van der Waals surface area contributed by atoms with Gasteiger partial charge >= 0.3 is 5.97 Å². The van der Waals surface area contributed by atoms with Gasteiger partial charge in [0.2, 0.25) is 0 Å². The second kappa shape index (κ2) is 4.23. The number of aliphatic hydroxyl groups excluding tert-OH is 2. The normalized spacial score (nSPS) is 15.1. The Balaban J connectivity index is 2.81. The van der Waals surface area contributed by atoms with Gasteiger partial charge in [-0.2, -0.15) is 0 Å². The fourth-order valence-electron chi connectivity index (χ4n) is 1.06. The number of aromatic amines is 1. The van der Waals surface area contributed by atoms with Crippen molar-refractivity contribution in [2.24, 2.45) is 5.73 Å². The fraction of sp³-hybridized carbons (Fsp3) is 0.375. The highest BCUT2D eigenvalue weighted by atomic mass is 16.4. The van der Waals surface area contributed by atoms with Crippen molar-refractivity contribution in [2.45, 2.75) is 12.2 Å². The lowest BCUT2D eigenvalue weighted by molar-refractivity contribution is 0.0244. The minimum atomic E-state index is -1.16. The number of aromatic nitrogens is 1. The predicted octanol–water partition coefficient (Wildman–Crippen LogP) is -0.934. The van der Waals surface area contributed by atoms with E-state index in [-0.39, 0.29) is 12.2 Å². The molecule has 14 heavy (non-hydrogen) atoms. The van der Waals surface area contributed by atoms with Gasteiger partial charge < -0.3 is 26.0 Å². The lowest BCUT2D eigenvalue weighted by Crippen LogP contribution is -2.26. The first-order valence-electron chi connectivity index (χ1n) is 4.04. The molecule has 1 heterocycles. The zero-order valence-corrected chi connectivity index (χ0v) is 7.34. The molecular weight excluding hydrogens is 188 g/mol. The smallest absolute Gasteiger partial charge is 0.352 e. The van der Waals surface area contributed by atoms with Crippen molar-refractivity contribution in [1.29, 1.82) is 0 Å². The zero-order chi connectivity index (χ0) is 10.7. The predicted molar refractivity (Wildman–Crippen MR) is 47.8 cm³/mol. The number of nitrogens with two attached hydrogens (primary N) is 1. The van der Waals surface area contributed by atoms with E-state index in [2.05, 4.69) is 4.98 Å². The second-order valence-electron chi connectivity index (χ2n) is 2.90. The van der Waals surface area contributed by atoms with Crippen molar-refractivity contribution >= 4 is 5.97 Å². The molecule has 0 fully saturated rings. The van der Waals surface area contributed by atoms with Crippen LogP contribution < -0.4 is 5.73 Å². The van der Waals surface area contributed by atoms with E-state index in [4.69, 9.17) is 10.8 Å². The zero-order valence-electron chi connectivity index (χ0n) is 7.34. The average molecular weight is 200 g/mol. The Labute approximate surface area is 80.0 Å². The molecule has 0 saturated carbocycles. The molecule has 0 radical (unpaired) electrons. The number of H-pyrrole nitrogens is 1. The third-order valence-corrected chi connectivity index (χ3v) is 1.88. The quantitative estimate of drug-likeness (QED) is 0.430. The van der Waals surface area contributed by atoms with Crippen LogP contribution >= 0.6 is 0 Å². The number of aromatic carboxylic acids is 1. The molecule has 2 atom stereocenters. The summed E-state index contributed by atoms with van der Waals surface area (Å²) < 4.78 is 0. The largest absolute Gasteiger partial charge is 0.477 e. The Morgan fingerprint density at radius 3 is 2.64 bits per heavy atom. The minimum Gasteiger partial charge on any atom is -0.477 e. The lowest BCUT2D eigenvalue weighted by atomic mass is 10.1. The highest BCUT2D eigenvalue weighted by Crippen LogP contribution is 2.17. The first-order valence-corrected chi connectivity index (χ1v) is 4.04.